The monoisotopic (exact) mass is 638 g/mol. The number of pyridine rings is 1. The van der Waals surface area contributed by atoms with Gasteiger partial charge in [-0.1, -0.05) is 37.6 Å². The number of carboxylic acid groups (broad SMARTS) is 1. The van der Waals surface area contributed by atoms with Gasteiger partial charge in [0.15, 0.2) is 5.82 Å². The quantitative estimate of drug-likeness (QED) is 0.301. The molecule has 0 bridgehead atoms. The van der Waals surface area contributed by atoms with E-state index in [4.69, 9.17) is 26.1 Å². The molecule has 13 heteroatoms. The zero-order valence-corrected chi connectivity index (χ0v) is 26.6. The van der Waals surface area contributed by atoms with E-state index in [0.717, 1.165) is 25.0 Å². The number of halogens is 1. The molecule has 1 fully saturated rings. The number of carboxylic acids is 1. The number of ether oxygens (including phenoxy) is 2. The summed E-state index contributed by atoms with van der Waals surface area (Å²) in [5.41, 5.74) is -0.0471. The first-order valence-corrected chi connectivity index (χ1v) is 15.5. The molecule has 3 heterocycles. The van der Waals surface area contributed by atoms with Crippen LogP contribution in [0.3, 0.4) is 0 Å². The Bertz CT molecular complexity index is 1620. The number of nitrogens with zero attached hydrogens (tertiary/aromatic N) is 4. The van der Waals surface area contributed by atoms with Crippen LogP contribution in [0.25, 0.3) is 16.7 Å². The number of rotatable bonds is 8. The number of methoxy groups -OCH3 is 1. The number of aromatic nitrogens is 3. The van der Waals surface area contributed by atoms with Crippen LogP contribution in [0.1, 0.15) is 57.6 Å². The van der Waals surface area contributed by atoms with Crippen LogP contribution in [0.15, 0.2) is 42.6 Å². The van der Waals surface area contributed by atoms with Crippen molar-refractivity contribution in [3.8, 4) is 17.3 Å². The fraction of sp³-hybridized carbons (Fsp3) is 0.469. The minimum atomic E-state index is -1.39. The molecule has 0 unspecified atom stereocenters. The first kappa shape index (κ1) is 32.1. The summed E-state index contributed by atoms with van der Waals surface area (Å²) in [5, 5.41) is 21.1. The molecule has 3 atom stereocenters. The number of allylic oxidation sites excluding steroid dienone is 1. The number of amides is 3. The Morgan fingerprint density at radius 3 is 2.73 bits per heavy atom. The maximum atomic E-state index is 13.5. The minimum absolute atomic E-state index is 0.0179. The standard InChI is InChI=1S/C32H39ClN6O6/c1-19(2)22-12-15-39(37-22)26-17-25(21-10-11-24(44-4)27(33)28(21)35-26)45-16-13-23-29(40)36-32(30(41)42)18-20(32)9-7-5-6-8-14-38(3)31(43)34-23/h7,9-12,15,17,19-20,23H,5-6,8,13-14,16,18H2,1-4H3,(H,34,43)(H,36,40)(H,41,42)/t20-,23+,32-/m1/s1. The number of benzene rings is 1. The van der Waals surface area contributed by atoms with E-state index in [0.29, 0.717) is 46.2 Å². The first-order valence-electron chi connectivity index (χ1n) is 15.1. The number of urea groups is 1. The third kappa shape index (κ3) is 6.85. The SMILES string of the molecule is COc1ccc2c(OCC[C@@H]3NC(=O)N(C)CCCCC=C[C@@H]4C[C@@]4(C(=O)O)NC3=O)cc(-n3ccc(C(C)C)n3)nc2c1Cl. The van der Waals surface area contributed by atoms with Gasteiger partial charge < -0.3 is 30.1 Å². The second-order valence-electron chi connectivity index (χ2n) is 11.9. The molecule has 3 aromatic rings. The van der Waals surface area contributed by atoms with Crippen molar-refractivity contribution in [2.75, 3.05) is 27.3 Å². The molecule has 0 spiro atoms. The molecule has 240 valence electrons. The molecule has 3 amide bonds. The second kappa shape index (κ2) is 13.4. The summed E-state index contributed by atoms with van der Waals surface area (Å²) in [7, 11) is 3.19. The molecule has 0 saturated heterocycles. The average Bonchev–Trinajstić information content (AvgIpc) is 3.47. The van der Waals surface area contributed by atoms with Gasteiger partial charge >= 0.3 is 12.0 Å². The molecular formula is C32H39ClN6O6. The van der Waals surface area contributed by atoms with Gasteiger partial charge in [0.2, 0.25) is 5.91 Å². The summed E-state index contributed by atoms with van der Waals surface area (Å²) in [6, 6.07) is 5.70. The molecule has 0 radical (unpaired) electrons. The molecule has 1 aliphatic heterocycles. The van der Waals surface area contributed by atoms with Gasteiger partial charge in [-0.15, -0.1) is 0 Å². The van der Waals surface area contributed by atoms with Crippen LogP contribution in [-0.4, -0.2) is 81.6 Å². The van der Waals surface area contributed by atoms with E-state index in [1.807, 2.05) is 38.3 Å². The van der Waals surface area contributed by atoms with Crippen molar-refractivity contribution in [1.29, 1.82) is 0 Å². The Balaban J connectivity index is 1.42. The highest BCUT2D eigenvalue weighted by molar-refractivity contribution is 6.36. The lowest BCUT2D eigenvalue weighted by atomic mass is 10.1. The number of hydrogen-bond donors (Lipinski definition) is 3. The molecule has 1 saturated carbocycles. The number of carbonyl (C=O) groups is 3. The summed E-state index contributed by atoms with van der Waals surface area (Å²) in [5.74, 6) is -0.402. The zero-order valence-electron chi connectivity index (χ0n) is 25.9. The molecule has 12 nitrogen and oxygen atoms in total. The Kier molecular flexibility index (Phi) is 9.52. The van der Waals surface area contributed by atoms with E-state index in [1.54, 1.807) is 29.9 Å². The smallest absolute Gasteiger partial charge is 0.330 e. The van der Waals surface area contributed by atoms with Crippen molar-refractivity contribution in [3.05, 3.63) is 53.3 Å². The van der Waals surface area contributed by atoms with E-state index in [1.165, 1.54) is 12.0 Å². The van der Waals surface area contributed by atoms with E-state index in [-0.39, 0.29) is 24.9 Å². The molecule has 2 aromatic heterocycles. The second-order valence-corrected chi connectivity index (χ2v) is 12.2. The highest BCUT2D eigenvalue weighted by Crippen LogP contribution is 2.45. The van der Waals surface area contributed by atoms with E-state index in [9.17, 15) is 19.5 Å². The zero-order chi connectivity index (χ0) is 32.3. The van der Waals surface area contributed by atoms with E-state index in [2.05, 4.69) is 15.7 Å². The van der Waals surface area contributed by atoms with Crippen molar-refractivity contribution in [2.24, 2.45) is 5.92 Å². The fourth-order valence-electron chi connectivity index (χ4n) is 5.42. The van der Waals surface area contributed by atoms with Gasteiger partial charge in [0.25, 0.3) is 0 Å². The van der Waals surface area contributed by atoms with E-state index < -0.39 is 29.5 Å². The van der Waals surface area contributed by atoms with Crippen molar-refractivity contribution in [2.45, 2.75) is 63.5 Å². The van der Waals surface area contributed by atoms with E-state index >= 15 is 0 Å². The number of fused-ring (bicyclic) bond motifs is 2. The Morgan fingerprint density at radius 2 is 2.02 bits per heavy atom. The minimum Gasteiger partial charge on any atom is -0.495 e. The summed E-state index contributed by atoms with van der Waals surface area (Å²) < 4.78 is 13.3. The lowest BCUT2D eigenvalue weighted by Crippen LogP contribution is -2.55. The van der Waals surface area contributed by atoms with Crippen LogP contribution in [0.2, 0.25) is 5.02 Å². The average molecular weight is 639 g/mol. The molecular weight excluding hydrogens is 600 g/mol. The van der Waals surface area contributed by atoms with Gasteiger partial charge in [0.05, 0.1) is 24.9 Å². The highest BCUT2D eigenvalue weighted by Gasteiger charge is 2.60. The molecule has 1 aliphatic carbocycles. The predicted molar refractivity (Wildman–Crippen MR) is 169 cm³/mol. The number of carbonyl (C=O) groups excluding carboxylic acids is 2. The lowest BCUT2D eigenvalue weighted by Gasteiger charge is -2.25. The highest BCUT2D eigenvalue weighted by atomic mass is 35.5. The molecule has 45 heavy (non-hydrogen) atoms. The lowest BCUT2D eigenvalue weighted by molar-refractivity contribution is -0.143. The van der Waals surface area contributed by atoms with Gasteiger partial charge in [0.1, 0.15) is 28.1 Å². The summed E-state index contributed by atoms with van der Waals surface area (Å²) in [6.45, 7) is 4.64. The Labute approximate surface area is 266 Å². The topological polar surface area (TPSA) is 148 Å². The fourth-order valence-corrected chi connectivity index (χ4v) is 5.71. The maximum Gasteiger partial charge on any atom is 0.330 e. The third-order valence-corrected chi connectivity index (χ3v) is 8.70. The van der Waals surface area contributed by atoms with Crippen molar-refractivity contribution in [3.63, 3.8) is 0 Å². The third-order valence-electron chi connectivity index (χ3n) is 8.34. The maximum absolute atomic E-state index is 13.5. The predicted octanol–water partition coefficient (Wildman–Crippen LogP) is 4.68. The molecule has 1 aromatic carbocycles. The van der Waals surface area contributed by atoms with Crippen LogP contribution < -0.4 is 20.1 Å². The normalized spacial score (nSPS) is 22.4. The molecule has 5 rings (SSSR count). The van der Waals surface area contributed by atoms with Crippen LogP contribution in [0.5, 0.6) is 11.5 Å². The van der Waals surface area contributed by atoms with Crippen LogP contribution in [0.4, 0.5) is 4.79 Å². The van der Waals surface area contributed by atoms with Gasteiger partial charge in [-0.2, -0.15) is 5.10 Å². The van der Waals surface area contributed by atoms with Gasteiger partial charge in [0, 0.05) is 43.6 Å². The molecule has 3 N–H and O–H groups in total. The number of nitrogens with one attached hydrogen (secondary N) is 2. The number of aliphatic carboxylic acids is 1. The summed E-state index contributed by atoms with van der Waals surface area (Å²) in [4.78, 5) is 45.0. The van der Waals surface area contributed by atoms with Gasteiger partial charge in [-0.05, 0) is 49.8 Å². The van der Waals surface area contributed by atoms with Gasteiger partial charge in [-0.25, -0.2) is 19.3 Å². The Morgan fingerprint density at radius 1 is 1.22 bits per heavy atom. The van der Waals surface area contributed by atoms with Gasteiger partial charge in [-0.3, -0.25) is 4.79 Å². The first-order chi connectivity index (χ1) is 21.5. The Hall–Kier alpha value is -4.32. The van der Waals surface area contributed by atoms with Crippen LogP contribution in [-0.2, 0) is 9.59 Å². The van der Waals surface area contributed by atoms with Crippen molar-refractivity contribution in [1.82, 2.24) is 30.3 Å². The summed E-state index contributed by atoms with van der Waals surface area (Å²) in [6.07, 6.45) is 8.43. The summed E-state index contributed by atoms with van der Waals surface area (Å²) >= 11 is 6.67. The molecule has 2 aliphatic rings. The van der Waals surface area contributed by atoms with Crippen molar-refractivity contribution < 1.29 is 29.0 Å². The van der Waals surface area contributed by atoms with Crippen molar-refractivity contribution >= 4 is 40.4 Å². The number of hydrogen-bond acceptors (Lipinski definition) is 7. The van der Waals surface area contributed by atoms with Crippen LogP contribution in [0, 0.1) is 5.92 Å². The van der Waals surface area contributed by atoms with Crippen LogP contribution >= 0.6 is 11.6 Å². The largest absolute Gasteiger partial charge is 0.495 e.